The fourth-order valence-electron chi connectivity index (χ4n) is 4.63. The van der Waals surface area contributed by atoms with Crippen LogP contribution < -0.4 is 5.32 Å². The molecule has 0 saturated carbocycles. The van der Waals surface area contributed by atoms with Crippen molar-refractivity contribution < 1.29 is 9.53 Å². The second-order valence-electron chi connectivity index (χ2n) is 7.89. The summed E-state index contributed by atoms with van der Waals surface area (Å²) in [7, 11) is 3.51. The number of ether oxygens (including phenoxy) is 1. The predicted octanol–water partition coefficient (Wildman–Crippen LogP) is 4.81. The van der Waals surface area contributed by atoms with Gasteiger partial charge in [0.25, 0.3) is 0 Å². The summed E-state index contributed by atoms with van der Waals surface area (Å²) in [5, 5.41) is 8.27. The van der Waals surface area contributed by atoms with Crippen molar-refractivity contribution in [3.63, 3.8) is 0 Å². The van der Waals surface area contributed by atoms with Crippen LogP contribution in [-0.4, -0.2) is 31.1 Å². The number of hydrogen-bond donors (Lipinski definition) is 1. The topological polar surface area (TPSA) is 41.6 Å². The van der Waals surface area contributed by atoms with Gasteiger partial charge in [0.2, 0.25) is 0 Å². The molecular weight excluding hydrogens is 372 g/mol. The minimum Gasteiger partial charge on any atom is -0.468 e. The summed E-state index contributed by atoms with van der Waals surface area (Å²) in [4.78, 5) is 14.9. The standard InChI is InChI=1S/C26H24N2O2/c1-28-24(21-13-11-17-7-3-5-9-19(17)15-21)23(26(29)30-2)27-25(28)22-14-12-18-8-4-6-10-20(18)16-22/h3-16,23-25,27H,1-2H3/t23-,24+,25+/m0/s1. The third kappa shape index (κ3) is 3.15. The number of rotatable bonds is 3. The van der Waals surface area contributed by atoms with Crippen molar-refractivity contribution in [3.8, 4) is 0 Å². The molecule has 4 aromatic carbocycles. The molecule has 1 heterocycles. The van der Waals surface area contributed by atoms with Gasteiger partial charge in [-0.2, -0.15) is 0 Å². The summed E-state index contributed by atoms with van der Waals surface area (Å²) in [6.07, 6.45) is -0.0878. The number of benzene rings is 4. The van der Waals surface area contributed by atoms with Gasteiger partial charge in [0, 0.05) is 0 Å². The van der Waals surface area contributed by atoms with Crippen molar-refractivity contribution >= 4 is 27.5 Å². The minimum absolute atomic E-state index is 0.0878. The van der Waals surface area contributed by atoms with Gasteiger partial charge >= 0.3 is 5.97 Å². The van der Waals surface area contributed by atoms with E-state index in [1.54, 1.807) is 0 Å². The fraction of sp³-hybridized carbons (Fsp3) is 0.192. The average molecular weight is 396 g/mol. The zero-order chi connectivity index (χ0) is 20.7. The van der Waals surface area contributed by atoms with E-state index in [1.807, 2.05) is 24.3 Å². The lowest BCUT2D eigenvalue weighted by atomic mass is 9.97. The zero-order valence-corrected chi connectivity index (χ0v) is 17.1. The molecule has 1 saturated heterocycles. The van der Waals surface area contributed by atoms with E-state index in [-0.39, 0.29) is 18.2 Å². The summed E-state index contributed by atoms with van der Waals surface area (Å²) in [6.45, 7) is 0. The number of carbonyl (C=O) groups is 1. The normalized spacial score (nSPS) is 21.9. The van der Waals surface area contributed by atoms with Gasteiger partial charge in [-0.1, -0.05) is 72.8 Å². The molecule has 4 aromatic rings. The highest BCUT2D eigenvalue weighted by Crippen LogP contribution is 2.39. The molecule has 0 radical (unpaired) electrons. The third-order valence-corrected chi connectivity index (χ3v) is 6.16. The van der Waals surface area contributed by atoms with Crippen molar-refractivity contribution in [2.75, 3.05) is 14.2 Å². The van der Waals surface area contributed by atoms with Gasteiger partial charge in [-0.15, -0.1) is 0 Å². The highest BCUT2D eigenvalue weighted by atomic mass is 16.5. The largest absolute Gasteiger partial charge is 0.468 e. The van der Waals surface area contributed by atoms with Crippen molar-refractivity contribution in [2.24, 2.45) is 0 Å². The van der Waals surface area contributed by atoms with Gasteiger partial charge in [-0.25, -0.2) is 0 Å². The molecule has 1 aliphatic rings. The number of esters is 1. The molecule has 0 aromatic heterocycles. The lowest BCUT2D eigenvalue weighted by Gasteiger charge is -2.26. The van der Waals surface area contributed by atoms with Gasteiger partial charge in [-0.05, 0) is 51.9 Å². The van der Waals surface area contributed by atoms with Crippen LogP contribution in [-0.2, 0) is 9.53 Å². The van der Waals surface area contributed by atoms with Crippen LogP contribution in [0.15, 0.2) is 84.9 Å². The van der Waals surface area contributed by atoms with Crippen LogP contribution >= 0.6 is 0 Å². The van der Waals surface area contributed by atoms with E-state index in [2.05, 4.69) is 77.9 Å². The molecule has 0 spiro atoms. The SMILES string of the molecule is COC(=O)[C@H]1N[C@@H](c2ccc3ccccc3c2)N(C)[C@@H]1c1ccc2ccccc2c1. The molecule has 5 rings (SSSR count). The molecule has 150 valence electrons. The zero-order valence-electron chi connectivity index (χ0n) is 17.1. The van der Waals surface area contributed by atoms with Crippen LogP contribution in [0.2, 0.25) is 0 Å². The fourth-order valence-corrected chi connectivity index (χ4v) is 4.63. The first-order valence-corrected chi connectivity index (χ1v) is 10.2. The molecule has 0 amide bonds. The Bertz CT molecular complexity index is 1240. The van der Waals surface area contributed by atoms with Gasteiger partial charge < -0.3 is 4.74 Å². The first-order valence-electron chi connectivity index (χ1n) is 10.2. The molecule has 1 N–H and O–H groups in total. The lowest BCUT2D eigenvalue weighted by molar-refractivity contribution is -0.143. The van der Waals surface area contributed by atoms with E-state index in [0.29, 0.717) is 0 Å². The molecule has 3 atom stereocenters. The van der Waals surface area contributed by atoms with E-state index >= 15 is 0 Å². The average Bonchev–Trinajstić information content (AvgIpc) is 3.15. The maximum Gasteiger partial charge on any atom is 0.324 e. The smallest absolute Gasteiger partial charge is 0.324 e. The second-order valence-corrected chi connectivity index (χ2v) is 7.89. The summed E-state index contributed by atoms with van der Waals surface area (Å²) in [6, 6.07) is 28.9. The van der Waals surface area contributed by atoms with Gasteiger partial charge in [-0.3, -0.25) is 15.0 Å². The molecule has 4 nitrogen and oxygen atoms in total. The molecule has 1 fully saturated rings. The Morgan fingerprint density at radius 2 is 1.33 bits per heavy atom. The Labute approximate surface area is 176 Å². The quantitative estimate of drug-likeness (QED) is 0.505. The maximum atomic E-state index is 12.7. The Balaban J connectivity index is 1.56. The molecule has 4 heteroatoms. The van der Waals surface area contributed by atoms with Crippen LogP contribution in [0.1, 0.15) is 23.3 Å². The van der Waals surface area contributed by atoms with Crippen molar-refractivity contribution in [1.29, 1.82) is 0 Å². The number of nitrogens with zero attached hydrogens (tertiary/aromatic N) is 1. The number of fused-ring (bicyclic) bond motifs is 2. The van der Waals surface area contributed by atoms with Gasteiger partial charge in [0.05, 0.1) is 19.3 Å². The highest BCUT2D eigenvalue weighted by Gasteiger charge is 2.44. The Morgan fingerprint density at radius 3 is 1.93 bits per heavy atom. The van der Waals surface area contributed by atoms with E-state index in [9.17, 15) is 4.79 Å². The van der Waals surface area contributed by atoms with Crippen molar-refractivity contribution in [3.05, 3.63) is 96.1 Å². The number of carbonyl (C=O) groups excluding carboxylic acids is 1. The van der Waals surface area contributed by atoms with Crippen LogP contribution in [0.5, 0.6) is 0 Å². The van der Waals surface area contributed by atoms with Gasteiger partial charge in [0.15, 0.2) is 0 Å². The van der Waals surface area contributed by atoms with E-state index < -0.39 is 6.04 Å². The molecule has 0 aliphatic carbocycles. The van der Waals surface area contributed by atoms with E-state index in [4.69, 9.17) is 4.74 Å². The number of methoxy groups -OCH3 is 1. The first kappa shape index (κ1) is 18.8. The van der Waals surface area contributed by atoms with Crippen LogP contribution in [0.25, 0.3) is 21.5 Å². The molecule has 0 bridgehead atoms. The molecule has 0 unspecified atom stereocenters. The highest BCUT2D eigenvalue weighted by molar-refractivity contribution is 5.85. The monoisotopic (exact) mass is 396 g/mol. The summed E-state index contributed by atoms with van der Waals surface area (Å²) in [5.41, 5.74) is 2.23. The third-order valence-electron chi connectivity index (χ3n) is 6.16. The van der Waals surface area contributed by atoms with E-state index in [0.717, 1.165) is 11.1 Å². The van der Waals surface area contributed by atoms with Crippen molar-refractivity contribution in [2.45, 2.75) is 18.2 Å². The number of likely N-dealkylation sites (N-methyl/N-ethyl adjacent to an activating group) is 1. The summed E-state index contributed by atoms with van der Waals surface area (Å²) >= 11 is 0. The molecular formula is C26H24N2O2. The lowest BCUT2D eigenvalue weighted by Crippen LogP contribution is -2.36. The predicted molar refractivity (Wildman–Crippen MR) is 120 cm³/mol. The second kappa shape index (κ2) is 7.56. The van der Waals surface area contributed by atoms with Crippen LogP contribution in [0.3, 0.4) is 0 Å². The molecule has 30 heavy (non-hydrogen) atoms. The minimum atomic E-state index is -0.447. The Morgan fingerprint density at radius 1 is 0.800 bits per heavy atom. The van der Waals surface area contributed by atoms with Crippen LogP contribution in [0, 0.1) is 0 Å². The summed E-state index contributed by atoms with van der Waals surface area (Å²) < 4.78 is 5.15. The van der Waals surface area contributed by atoms with E-state index in [1.165, 1.54) is 28.7 Å². The number of hydrogen-bond acceptors (Lipinski definition) is 4. The van der Waals surface area contributed by atoms with Gasteiger partial charge in [0.1, 0.15) is 6.04 Å². The van der Waals surface area contributed by atoms with Crippen molar-refractivity contribution in [1.82, 2.24) is 10.2 Å². The maximum absolute atomic E-state index is 12.7. The van der Waals surface area contributed by atoms with Crippen LogP contribution in [0.4, 0.5) is 0 Å². The number of nitrogens with one attached hydrogen (secondary N) is 1. The molecule has 1 aliphatic heterocycles. The Hall–Kier alpha value is -3.21. The first-order chi connectivity index (χ1) is 14.7. The summed E-state index contributed by atoms with van der Waals surface area (Å²) in [5.74, 6) is -0.247. The Kier molecular flexibility index (Phi) is 4.74.